The van der Waals surface area contributed by atoms with Crippen LogP contribution in [0.25, 0.3) is 0 Å². The van der Waals surface area contributed by atoms with E-state index >= 15 is 0 Å². The molecule has 22 heavy (non-hydrogen) atoms. The molecule has 0 radical (unpaired) electrons. The maximum Gasteiger partial charge on any atom is 0.255 e. The van der Waals surface area contributed by atoms with Gasteiger partial charge in [-0.15, -0.1) is 0 Å². The molecule has 0 aliphatic carbocycles. The van der Waals surface area contributed by atoms with E-state index in [2.05, 4.69) is 6.92 Å². The Hall–Kier alpha value is -1.11. The number of benzene rings is 1. The minimum atomic E-state index is -3.59. The van der Waals surface area contributed by atoms with E-state index in [1.807, 2.05) is 0 Å². The van der Waals surface area contributed by atoms with Crippen LogP contribution < -0.4 is 0 Å². The predicted octanol–water partition coefficient (Wildman–Crippen LogP) is 2.46. The van der Waals surface area contributed by atoms with Gasteiger partial charge in [0.25, 0.3) is 5.91 Å². The molecule has 0 bridgehead atoms. The van der Waals surface area contributed by atoms with Crippen LogP contribution in [0.4, 0.5) is 0 Å². The average molecular weight is 345 g/mol. The lowest BCUT2D eigenvalue weighted by Gasteiger charge is -2.30. The first-order valence-corrected chi connectivity index (χ1v) is 9.06. The second kappa shape index (κ2) is 6.56. The van der Waals surface area contributed by atoms with E-state index in [0.717, 1.165) is 17.1 Å². The summed E-state index contributed by atoms with van der Waals surface area (Å²) < 4.78 is 25.5. The molecule has 0 spiro atoms. The first kappa shape index (κ1) is 17.2. The summed E-state index contributed by atoms with van der Waals surface area (Å²) >= 11 is 6.11. The van der Waals surface area contributed by atoms with E-state index in [1.54, 1.807) is 4.90 Å². The number of amides is 1. The molecular formula is C15H21ClN2O3S. The highest BCUT2D eigenvalue weighted by Crippen LogP contribution is 2.25. The molecule has 1 amide bonds. The zero-order valence-electron chi connectivity index (χ0n) is 13.0. The van der Waals surface area contributed by atoms with Crippen LogP contribution in [0.5, 0.6) is 0 Å². The summed E-state index contributed by atoms with van der Waals surface area (Å²) in [6.07, 6.45) is 1.91. The summed E-state index contributed by atoms with van der Waals surface area (Å²) in [7, 11) is -0.674. The normalized spacial score (nSPS) is 17.0. The molecule has 0 aromatic heterocycles. The van der Waals surface area contributed by atoms with Gasteiger partial charge in [-0.3, -0.25) is 4.79 Å². The summed E-state index contributed by atoms with van der Waals surface area (Å²) in [6.45, 7) is 3.53. The highest BCUT2D eigenvalue weighted by atomic mass is 35.5. The third-order valence-electron chi connectivity index (χ3n) is 4.02. The van der Waals surface area contributed by atoms with Crippen molar-refractivity contribution in [2.75, 3.05) is 27.2 Å². The van der Waals surface area contributed by atoms with Gasteiger partial charge in [-0.1, -0.05) is 18.5 Å². The number of hydrogen-bond acceptors (Lipinski definition) is 3. The smallest absolute Gasteiger partial charge is 0.255 e. The van der Waals surface area contributed by atoms with Crippen LogP contribution >= 0.6 is 11.6 Å². The van der Waals surface area contributed by atoms with Gasteiger partial charge in [-0.05, 0) is 37.0 Å². The lowest BCUT2D eigenvalue weighted by molar-refractivity contribution is 0.0697. The fourth-order valence-corrected chi connectivity index (χ4v) is 3.55. The molecule has 7 heteroatoms. The first-order valence-electron chi connectivity index (χ1n) is 7.25. The van der Waals surface area contributed by atoms with Gasteiger partial charge in [-0.2, -0.15) is 0 Å². The number of likely N-dealkylation sites (tertiary alicyclic amines) is 1. The van der Waals surface area contributed by atoms with Crippen LogP contribution in [0.1, 0.15) is 30.1 Å². The third kappa shape index (κ3) is 3.45. The van der Waals surface area contributed by atoms with Crippen LogP contribution in [-0.4, -0.2) is 50.7 Å². The van der Waals surface area contributed by atoms with Crippen molar-refractivity contribution in [3.8, 4) is 0 Å². The number of piperidine rings is 1. The molecule has 0 N–H and O–H groups in total. The molecule has 1 saturated heterocycles. The van der Waals surface area contributed by atoms with Gasteiger partial charge in [0, 0.05) is 27.2 Å². The van der Waals surface area contributed by atoms with Crippen molar-refractivity contribution < 1.29 is 13.2 Å². The molecule has 0 saturated carbocycles. The predicted molar refractivity (Wildman–Crippen MR) is 86.6 cm³/mol. The first-order chi connectivity index (χ1) is 10.2. The van der Waals surface area contributed by atoms with Crippen LogP contribution in [0.15, 0.2) is 23.1 Å². The molecule has 122 valence electrons. The lowest BCUT2D eigenvalue weighted by atomic mass is 9.98. The largest absolute Gasteiger partial charge is 0.339 e. The molecule has 1 aromatic rings. The average Bonchev–Trinajstić information content (AvgIpc) is 2.47. The molecule has 1 aliphatic heterocycles. The van der Waals surface area contributed by atoms with Crippen LogP contribution in [0, 0.1) is 5.92 Å². The Morgan fingerprint density at radius 3 is 2.41 bits per heavy atom. The summed E-state index contributed by atoms with van der Waals surface area (Å²) in [5.41, 5.74) is 0.249. The second-order valence-corrected chi connectivity index (χ2v) is 8.46. The van der Waals surface area contributed by atoms with Crippen molar-refractivity contribution >= 4 is 27.5 Å². The molecule has 0 unspecified atom stereocenters. The Kier molecular flexibility index (Phi) is 5.14. The standard InChI is InChI=1S/C15H21ClN2O3S/c1-11-6-8-18(9-7-11)15(19)13-10-12(4-5-14(13)16)22(20,21)17(2)3/h4-5,10-11H,6-9H2,1-3H3. The quantitative estimate of drug-likeness (QED) is 0.846. The van der Waals surface area contributed by atoms with Crippen molar-refractivity contribution in [3.63, 3.8) is 0 Å². The Bertz CT molecular complexity index is 665. The van der Waals surface area contributed by atoms with E-state index in [0.29, 0.717) is 19.0 Å². The van der Waals surface area contributed by atoms with Gasteiger partial charge >= 0.3 is 0 Å². The number of carbonyl (C=O) groups is 1. The zero-order chi connectivity index (χ0) is 16.5. The fourth-order valence-electron chi connectivity index (χ4n) is 2.42. The SMILES string of the molecule is CC1CCN(C(=O)c2cc(S(=O)(=O)N(C)C)ccc2Cl)CC1. The van der Waals surface area contributed by atoms with Gasteiger partial charge in [0.1, 0.15) is 0 Å². The summed E-state index contributed by atoms with van der Waals surface area (Å²) in [5.74, 6) is 0.410. The number of carbonyl (C=O) groups excluding carboxylic acids is 1. The van der Waals surface area contributed by atoms with E-state index in [4.69, 9.17) is 11.6 Å². The second-order valence-electron chi connectivity index (χ2n) is 5.90. The number of sulfonamides is 1. The number of halogens is 1. The van der Waals surface area contributed by atoms with Crippen molar-refractivity contribution in [1.29, 1.82) is 0 Å². The highest BCUT2D eigenvalue weighted by Gasteiger charge is 2.25. The Morgan fingerprint density at radius 2 is 1.86 bits per heavy atom. The van der Waals surface area contributed by atoms with Gasteiger partial charge in [0.2, 0.25) is 10.0 Å². The van der Waals surface area contributed by atoms with Crippen LogP contribution in [-0.2, 0) is 10.0 Å². The Balaban J connectivity index is 2.33. The van der Waals surface area contributed by atoms with E-state index in [-0.39, 0.29) is 21.4 Å². The van der Waals surface area contributed by atoms with Gasteiger partial charge in [0.15, 0.2) is 0 Å². The molecular weight excluding hydrogens is 324 g/mol. The monoisotopic (exact) mass is 344 g/mol. The van der Waals surface area contributed by atoms with Crippen LogP contribution in [0.2, 0.25) is 5.02 Å². The van der Waals surface area contributed by atoms with Crippen molar-refractivity contribution in [1.82, 2.24) is 9.21 Å². The van der Waals surface area contributed by atoms with E-state index < -0.39 is 10.0 Å². The van der Waals surface area contributed by atoms with Gasteiger partial charge < -0.3 is 4.90 Å². The van der Waals surface area contributed by atoms with Gasteiger partial charge in [0.05, 0.1) is 15.5 Å². The summed E-state index contributed by atoms with van der Waals surface area (Å²) in [5, 5.41) is 0.279. The molecule has 1 heterocycles. The summed E-state index contributed by atoms with van der Waals surface area (Å²) in [4.78, 5) is 14.4. The molecule has 0 atom stereocenters. The van der Waals surface area contributed by atoms with E-state index in [9.17, 15) is 13.2 Å². The Morgan fingerprint density at radius 1 is 1.27 bits per heavy atom. The molecule has 5 nitrogen and oxygen atoms in total. The third-order valence-corrected chi connectivity index (χ3v) is 6.16. The number of hydrogen-bond donors (Lipinski definition) is 0. The Labute approximate surface area is 136 Å². The lowest BCUT2D eigenvalue weighted by Crippen LogP contribution is -2.38. The zero-order valence-corrected chi connectivity index (χ0v) is 14.6. The van der Waals surface area contributed by atoms with Crippen molar-refractivity contribution in [3.05, 3.63) is 28.8 Å². The maximum atomic E-state index is 12.6. The summed E-state index contributed by atoms with van der Waals surface area (Å²) in [6, 6.07) is 4.27. The van der Waals surface area contributed by atoms with Crippen LogP contribution in [0.3, 0.4) is 0 Å². The minimum absolute atomic E-state index is 0.0793. The number of rotatable bonds is 3. The van der Waals surface area contributed by atoms with Gasteiger partial charge in [-0.25, -0.2) is 12.7 Å². The highest BCUT2D eigenvalue weighted by molar-refractivity contribution is 7.89. The topological polar surface area (TPSA) is 57.7 Å². The maximum absolute atomic E-state index is 12.6. The van der Waals surface area contributed by atoms with Crippen molar-refractivity contribution in [2.24, 2.45) is 5.92 Å². The minimum Gasteiger partial charge on any atom is -0.339 e. The van der Waals surface area contributed by atoms with Crippen molar-refractivity contribution in [2.45, 2.75) is 24.7 Å². The number of nitrogens with zero attached hydrogens (tertiary/aromatic N) is 2. The molecule has 1 aromatic carbocycles. The fraction of sp³-hybridized carbons (Fsp3) is 0.533. The molecule has 2 rings (SSSR count). The molecule has 1 aliphatic rings. The van der Waals surface area contributed by atoms with E-state index in [1.165, 1.54) is 32.3 Å². The molecule has 1 fully saturated rings.